The molecule has 0 spiro atoms. The fraction of sp³-hybridized carbons (Fsp3) is 0.733. The molecule has 114 valence electrons. The zero-order valence-electron chi connectivity index (χ0n) is 13.4. The number of likely N-dealkylation sites (N-methyl/N-ethyl adjacent to an activating group) is 1. The Morgan fingerprint density at radius 1 is 1.40 bits per heavy atom. The summed E-state index contributed by atoms with van der Waals surface area (Å²) in [6, 6.07) is 0.239. The van der Waals surface area contributed by atoms with Gasteiger partial charge in [-0.25, -0.2) is 4.98 Å². The summed E-state index contributed by atoms with van der Waals surface area (Å²) in [5, 5.41) is 3.32. The third-order valence-electron chi connectivity index (χ3n) is 3.06. The van der Waals surface area contributed by atoms with Gasteiger partial charge in [-0.1, -0.05) is 20.8 Å². The topological polar surface area (TPSA) is 50.2 Å². The summed E-state index contributed by atoms with van der Waals surface area (Å²) in [4.78, 5) is 18.6. The fourth-order valence-electron chi connectivity index (χ4n) is 2.35. The van der Waals surface area contributed by atoms with E-state index in [1.54, 1.807) is 17.0 Å². The highest BCUT2D eigenvalue weighted by Gasteiger charge is 2.15. The Balaban J connectivity index is 2.87. The number of anilines is 1. The van der Waals surface area contributed by atoms with Crippen molar-refractivity contribution in [1.29, 1.82) is 0 Å². The highest BCUT2D eigenvalue weighted by atomic mass is 16.1. The van der Waals surface area contributed by atoms with E-state index in [1.807, 2.05) is 14.1 Å². The number of hydrogen-bond donors (Lipinski definition) is 1. The van der Waals surface area contributed by atoms with Gasteiger partial charge >= 0.3 is 0 Å². The van der Waals surface area contributed by atoms with Crippen molar-refractivity contribution in [3.8, 4) is 0 Å². The zero-order chi connectivity index (χ0) is 15.1. The van der Waals surface area contributed by atoms with E-state index in [0.29, 0.717) is 11.7 Å². The molecule has 1 aromatic rings. The van der Waals surface area contributed by atoms with E-state index in [-0.39, 0.29) is 11.6 Å². The predicted molar refractivity (Wildman–Crippen MR) is 84.2 cm³/mol. The summed E-state index contributed by atoms with van der Waals surface area (Å²) in [7, 11) is 4.09. The molecule has 1 N–H and O–H groups in total. The average molecular weight is 280 g/mol. The molecular formula is C15H28N4O. The van der Waals surface area contributed by atoms with Gasteiger partial charge < -0.3 is 14.8 Å². The summed E-state index contributed by atoms with van der Waals surface area (Å²) in [5.74, 6) is 1.04. The van der Waals surface area contributed by atoms with Gasteiger partial charge in [-0.2, -0.15) is 0 Å². The maximum Gasteiger partial charge on any atom is 0.293 e. The molecule has 0 radical (unpaired) electrons. The highest BCUT2D eigenvalue weighted by molar-refractivity contribution is 5.32. The molecule has 0 saturated carbocycles. The van der Waals surface area contributed by atoms with Gasteiger partial charge in [0.1, 0.15) is 0 Å². The number of nitrogens with one attached hydrogen (secondary N) is 1. The molecule has 5 nitrogen and oxygen atoms in total. The first-order chi connectivity index (χ1) is 9.43. The van der Waals surface area contributed by atoms with Crippen molar-refractivity contribution >= 4 is 5.82 Å². The van der Waals surface area contributed by atoms with Crippen molar-refractivity contribution in [2.45, 2.75) is 46.2 Å². The van der Waals surface area contributed by atoms with Crippen molar-refractivity contribution in [2.75, 3.05) is 26.0 Å². The predicted octanol–water partition coefficient (Wildman–Crippen LogP) is 2.04. The lowest BCUT2D eigenvalue weighted by Crippen LogP contribution is -2.36. The van der Waals surface area contributed by atoms with E-state index in [2.05, 4.69) is 36.0 Å². The van der Waals surface area contributed by atoms with Crippen molar-refractivity contribution in [2.24, 2.45) is 5.92 Å². The summed E-state index contributed by atoms with van der Waals surface area (Å²) in [6.07, 6.45) is 5.40. The van der Waals surface area contributed by atoms with Crippen molar-refractivity contribution in [3.63, 3.8) is 0 Å². The van der Waals surface area contributed by atoms with Crippen molar-refractivity contribution in [3.05, 3.63) is 22.7 Å². The van der Waals surface area contributed by atoms with E-state index in [0.717, 1.165) is 25.9 Å². The molecule has 0 aliphatic heterocycles. The van der Waals surface area contributed by atoms with E-state index in [4.69, 9.17) is 0 Å². The van der Waals surface area contributed by atoms with Crippen LogP contribution in [0.15, 0.2) is 17.2 Å². The number of rotatable bonds is 8. The summed E-state index contributed by atoms with van der Waals surface area (Å²) in [5.41, 5.74) is -0.0261. The smallest absolute Gasteiger partial charge is 0.293 e. The first-order valence-corrected chi connectivity index (χ1v) is 7.40. The van der Waals surface area contributed by atoms with Gasteiger partial charge in [0.25, 0.3) is 5.56 Å². The van der Waals surface area contributed by atoms with Gasteiger partial charge in [0, 0.05) is 31.5 Å². The van der Waals surface area contributed by atoms with E-state index >= 15 is 0 Å². The molecule has 1 rings (SSSR count). The first-order valence-electron chi connectivity index (χ1n) is 7.40. The number of nitrogens with zero attached hydrogens (tertiary/aromatic N) is 3. The quantitative estimate of drug-likeness (QED) is 0.792. The molecule has 20 heavy (non-hydrogen) atoms. The maximum absolute atomic E-state index is 12.3. The Morgan fingerprint density at radius 2 is 2.10 bits per heavy atom. The molecule has 0 fully saturated rings. The lowest BCUT2D eigenvalue weighted by molar-refractivity contribution is 0.355. The normalized spacial score (nSPS) is 12.9. The van der Waals surface area contributed by atoms with Crippen LogP contribution in [-0.2, 0) is 6.54 Å². The molecule has 0 saturated heterocycles. The summed E-state index contributed by atoms with van der Waals surface area (Å²) < 4.78 is 1.72. The van der Waals surface area contributed by atoms with Gasteiger partial charge in [0.15, 0.2) is 5.82 Å². The third-order valence-corrected chi connectivity index (χ3v) is 3.06. The monoisotopic (exact) mass is 280 g/mol. The highest BCUT2D eigenvalue weighted by Crippen LogP contribution is 2.09. The lowest BCUT2D eigenvalue weighted by atomic mass is 10.0. The van der Waals surface area contributed by atoms with Crippen molar-refractivity contribution < 1.29 is 0 Å². The maximum atomic E-state index is 12.3. The minimum Gasteiger partial charge on any atom is -0.361 e. The van der Waals surface area contributed by atoms with Crippen LogP contribution in [0.5, 0.6) is 0 Å². The third kappa shape index (κ3) is 5.33. The zero-order valence-corrected chi connectivity index (χ0v) is 13.4. The lowest BCUT2D eigenvalue weighted by Gasteiger charge is -2.24. The SMILES string of the molecule is CCCn1ccnc(NC(CC(C)C)CN(C)C)c1=O. The summed E-state index contributed by atoms with van der Waals surface area (Å²) in [6.45, 7) is 8.07. The van der Waals surface area contributed by atoms with Crippen LogP contribution in [-0.4, -0.2) is 41.1 Å². The molecule has 0 aliphatic carbocycles. The minimum atomic E-state index is -0.0261. The van der Waals surface area contributed by atoms with Crippen LogP contribution in [0, 0.1) is 5.92 Å². The van der Waals surface area contributed by atoms with Crippen LogP contribution in [0.4, 0.5) is 5.82 Å². The molecule has 0 aliphatic rings. The Bertz CT molecular complexity index is 443. The minimum absolute atomic E-state index is 0.0261. The second kappa shape index (κ2) is 8.04. The Labute approximate surface area is 122 Å². The van der Waals surface area contributed by atoms with Crippen LogP contribution in [0.3, 0.4) is 0 Å². The molecule has 0 bridgehead atoms. The second-order valence-electron chi connectivity index (χ2n) is 6.01. The molecule has 0 aromatic carbocycles. The summed E-state index contributed by atoms with van der Waals surface area (Å²) >= 11 is 0. The average Bonchev–Trinajstić information content (AvgIpc) is 2.32. The van der Waals surface area contributed by atoms with Crippen LogP contribution in [0.25, 0.3) is 0 Å². The Hall–Kier alpha value is -1.36. The standard InChI is InChI=1S/C15H28N4O/c1-6-8-19-9-7-16-14(15(19)20)17-13(10-12(2)3)11-18(4)5/h7,9,12-13H,6,8,10-11H2,1-5H3,(H,16,17). The molecule has 0 amide bonds. The van der Waals surface area contributed by atoms with E-state index < -0.39 is 0 Å². The van der Waals surface area contributed by atoms with Crippen molar-refractivity contribution in [1.82, 2.24) is 14.5 Å². The van der Waals surface area contributed by atoms with Gasteiger partial charge in [0.05, 0.1) is 0 Å². The number of hydrogen-bond acceptors (Lipinski definition) is 4. The first kappa shape index (κ1) is 16.7. The number of aryl methyl sites for hydroxylation is 1. The fourth-order valence-corrected chi connectivity index (χ4v) is 2.35. The van der Waals surface area contributed by atoms with Crippen LogP contribution in [0.1, 0.15) is 33.6 Å². The van der Waals surface area contributed by atoms with Gasteiger partial charge in [0.2, 0.25) is 0 Å². The van der Waals surface area contributed by atoms with Crippen LogP contribution < -0.4 is 10.9 Å². The molecule has 1 atom stereocenters. The molecular weight excluding hydrogens is 252 g/mol. The van der Waals surface area contributed by atoms with E-state index in [1.165, 1.54) is 0 Å². The van der Waals surface area contributed by atoms with E-state index in [9.17, 15) is 4.79 Å². The Kier molecular flexibility index (Phi) is 6.71. The molecule has 1 aromatic heterocycles. The Morgan fingerprint density at radius 3 is 2.65 bits per heavy atom. The second-order valence-corrected chi connectivity index (χ2v) is 6.01. The number of aromatic nitrogens is 2. The molecule has 1 unspecified atom stereocenters. The van der Waals surface area contributed by atoms with Gasteiger partial charge in [-0.15, -0.1) is 0 Å². The molecule has 1 heterocycles. The van der Waals surface area contributed by atoms with Crippen LogP contribution >= 0.6 is 0 Å². The molecule has 5 heteroatoms. The van der Waals surface area contributed by atoms with Gasteiger partial charge in [-0.05, 0) is 32.9 Å². The largest absolute Gasteiger partial charge is 0.361 e. The van der Waals surface area contributed by atoms with Gasteiger partial charge in [-0.3, -0.25) is 4.79 Å². The van der Waals surface area contributed by atoms with Crippen LogP contribution in [0.2, 0.25) is 0 Å².